The van der Waals surface area contributed by atoms with Gasteiger partial charge in [0.15, 0.2) is 12.0 Å². The quantitative estimate of drug-likeness (QED) is 0.476. The summed E-state index contributed by atoms with van der Waals surface area (Å²) in [6.45, 7) is 5.38. The molecule has 0 amide bonds. The van der Waals surface area contributed by atoms with Gasteiger partial charge in [-0.3, -0.25) is 14.3 Å². The molecule has 160 valence electrons. The summed E-state index contributed by atoms with van der Waals surface area (Å²) in [5.41, 5.74) is 0.381. The highest BCUT2D eigenvalue weighted by atomic mass is 127. The molecular formula is C20H21IN2O7. The maximum atomic E-state index is 12.4. The second-order valence-corrected chi connectivity index (χ2v) is 8.90. The lowest BCUT2D eigenvalue weighted by Gasteiger charge is -2.24. The maximum absolute atomic E-state index is 12.4. The first-order valence-corrected chi connectivity index (χ1v) is 10.5. The fraction of sp³-hybridized carbons (Fsp3) is 0.450. The number of carbonyl (C=O) groups is 1. The third kappa shape index (κ3) is 4.09. The van der Waals surface area contributed by atoms with Crippen molar-refractivity contribution in [2.24, 2.45) is 0 Å². The maximum Gasteiger partial charge on any atom is 0.338 e. The third-order valence-corrected chi connectivity index (χ3v) is 5.76. The average molecular weight is 528 g/mol. The van der Waals surface area contributed by atoms with E-state index < -0.39 is 47.5 Å². The molecule has 4 rings (SSSR count). The Morgan fingerprint density at radius 2 is 1.87 bits per heavy atom. The van der Waals surface area contributed by atoms with E-state index in [1.165, 1.54) is 10.8 Å². The molecule has 0 unspecified atom stereocenters. The Morgan fingerprint density at radius 1 is 1.20 bits per heavy atom. The summed E-state index contributed by atoms with van der Waals surface area (Å²) in [6, 6.07) is 7.04. The molecule has 0 bridgehead atoms. The van der Waals surface area contributed by atoms with E-state index >= 15 is 0 Å². The number of esters is 1. The Hall–Kier alpha value is -2.02. The van der Waals surface area contributed by atoms with Gasteiger partial charge >= 0.3 is 11.7 Å². The number of carbonyl (C=O) groups excluding carboxylic acids is 1. The molecule has 0 aliphatic carbocycles. The van der Waals surface area contributed by atoms with Crippen LogP contribution in [-0.4, -0.2) is 46.2 Å². The first kappa shape index (κ1) is 21.2. The van der Waals surface area contributed by atoms with Crippen LogP contribution in [0.5, 0.6) is 0 Å². The molecule has 10 heteroatoms. The average Bonchev–Trinajstić information content (AvgIpc) is 3.16. The molecule has 30 heavy (non-hydrogen) atoms. The van der Waals surface area contributed by atoms with Crippen LogP contribution in [0.4, 0.5) is 0 Å². The number of aryl methyl sites for hydroxylation is 1. The monoisotopic (exact) mass is 528 g/mol. The number of benzene rings is 1. The van der Waals surface area contributed by atoms with Gasteiger partial charge in [0.2, 0.25) is 0 Å². The molecule has 1 aromatic carbocycles. The number of H-pyrrole nitrogens is 1. The second kappa shape index (κ2) is 7.91. The summed E-state index contributed by atoms with van der Waals surface area (Å²) in [7, 11) is 0. The number of hydrogen-bond acceptors (Lipinski definition) is 7. The van der Waals surface area contributed by atoms with Gasteiger partial charge in [-0.2, -0.15) is 0 Å². The zero-order valence-electron chi connectivity index (χ0n) is 16.6. The number of hydrogen-bond donors (Lipinski definition) is 1. The second-order valence-electron chi connectivity index (χ2n) is 7.74. The number of nitrogens with zero attached hydrogens (tertiary/aromatic N) is 1. The molecule has 0 radical (unpaired) electrons. The molecule has 1 N–H and O–H groups in total. The van der Waals surface area contributed by atoms with Gasteiger partial charge in [-0.25, -0.2) is 9.59 Å². The predicted octanol–water partition coefficient (Wildman–Crippen LogP) is 1.72. The molecule has 3 heterocycles. The van der Waals surface area contributed by atoms with E-state index in [1.54, 1.807) is 26.0 Å². The zero-order valence-corrected chi connectivity index (χ0v) is 18.7. The molecule has 2 aromatic rings. The molecule has 0 saturated carbocycles. The third-order valence-electron chi connectivity index (χ3n) is 4.99. The molecular weight excluding hydrogens is 507 g/mol. The molecule has 4 atom stereocenters. The molecule has 2 fully saturated rings. The summed E-state index contributed by atoms with van der Waals surface area (Å²) in [4.78, 5) is 38.7. The number of fused-ring (bicyclic) bond motifs is 1. The van der Waals surface area contributed by atoms with Gasteiger partial charge in [-0.15, -0.1) is 0 Å². The van der Waals surface area contributed by atoms with Crippen LogP contribution in [0.1, 0.15) is 36.0 Å². The van der Waals surface area contributed by atoms with Crippen LogP contribution in [-0.2, 0) is 18.9 Å². The number of halogens is 1. The van der Waals surface area contributed by atoms with Gasteiger partial charge < -0.3 is 18.9 Å². The van der Waals surface area contributed by atoms with Gasteiger partial charge in [0.05, 0.1) is 9.13 Å². The van der Waals surface area contributed by atoms with E-state index in [9.17, 15) is 14.4 Å². The fourth-order valence-electron chi connectivity index (χ4n) is 3.60. The van der Waals surface area contributed by atoms with Crippen molar-refractivity contribution < 1.29 is 23.7 Å². The molecule has 9 nitrogen and oxygen atoms in total. The zero-order chi connectivity index (χ0) is 21.6. The van der Waals surface area contributed by atoms with Crippen molar-refractivity contribution in [2.45, 2.75) is 51.1 Å². The van der Waals surface area contributed by atoms with Gasteiger partial charge in [0.25, 0.3) is 5.56 Å². The van der Waals surface area contributed by atoms with Crippen LogP contribution >= 0.6 is 22.6 Å². The molecule has 2 aliphatic heterocycles. The van der Waals surface area contributed by atoms with Crippen molar-refractivity contribution in [3.63, 3.8) is 0 Å². The van der Waals surface area contributed by atoms with E-state index in [1.807, 2.05) is 41.6 Å². The van der Waals surface area contributed by atoms with Crippen LogP contribution in [0.2, 0.25) is 0 Å². The molecule has 1 aromatic heterocycles. The van der Waals surface area contributed by atoms with Crippen LogP contribution in [0.25, 0.3) is 0 Å². The fourth-order valence-corrected chi connectivity index (χ4v) is 4.03. The van der Waals surface area contributed by atoms with Crippen LogP contribution in [0, 0.1) is 10.5 Å². The van der Waals surface area contributed by atoms with Crippen LogP contribution in [0.15, 0.2) is 40.1 Å². The Labute approximate surface area is 185 Å². The van der Waals surface area contributed by atoms with Crippen molar-refractivity contribution >= 4 is 28.6 Å². The van der Waals surface area contributed by atoms with Crippen molar-refractivity contribution in [1.82, 2.24) is 9.55 Å². The highest BCUT2D eigenvalue weighted by Crippen LogP contribution is 2.42. The first-order valence-electron chi connectivity index (χ1n) is 9.40. The largest absolute Gasteiger partial charge is 0.459 e. The Bertz CT molecular complexity index is 1080. The lowest BCUT2D eigenvalue weighted by molar-refractivity contribution is -0.200. The van der Waals surface area contributed by atoms with Crippen molar-refractivity contribution in [3.05, 3.63) is 66.0 Å². The molecule has 2 aliphatic rings. The van der Waals surface area contributed by atoms with E-state index in [0.717, 1.165) is 5.56 Å². The lowest BCUT2D eigenvalue weighted by atomic mass is 10.1. The normalized spacial score (nSPS) is 27.1. The molecule has 2 saturated heterocycles. The smallest absolute Gasteiger partial charge is 0.338 e. The Morgan fingerprint density at radius 3 is 2.57 bits per heavy atom. The van der Waals surface area contributed by atoms with E-state index in [4.69, 9.17) is 18.9 Å². The van der Waals surface area contributed by atoms with E-state index in [0.29, 0.717) is 9.13 Å². The highest BCUT2D eigenvalue weighted by Gasteiger charge is 2.56. The Kier molecular flexibility index (Phi) is 5.60. The van der Waals surface area contributed by atoms with E-state index in [2.05, 4.69) is 4.98 Å². The van der Waals surface area contributed by atoms with Crippen molar-refractivity contribution in [1.29, 1.82) is 0 Å². The van der Waals surface area contributed by atoms with E-state index in [-0.39, 0.29) is 6.61 Å². The number of aromatic nitrogens is 2. The first-order chi connectivity index (χ1) is 14.1. The number of ether oxygens (including phenoxy) is 4. The lowest BCUT2D eigenvalue weighted by Crippen LogP contribution is -2.38. The van der Waals surface area contributed by atoms with Crippen molar-refractivity contribution in [2.75, 3.05) is 6.61 Å². The topological polar surface area (TPSA) is 109 Å². The van der Waals surface area contributed by atoms with Crippen LogP contribution in [0.3, 0.4) is 0 Å². The SMILES string of the molecule is Cc1ccc(C(=O)OC[C@H]2O[C@@H](n3cc(I)c(=O)[nH]c3=O)[C@@H]3OC(C)(C)O[C@@H]32)cc1. The summed E-state index contributed by atoms with van der Waals surface area (Å²) in [5, 5.41) is 0. The summed E-state index contributed by atoms with van der Waals surface area (Å²) in [6.07, 6.45) is -1.22. The minimum Gasteiger partial charge on any atom is -0.459 e. The minimum atomic E-state index is -0.893. The Balaban J connectivity index is 1.55. The van der Waals surface area contributed by atoms with Gasteiger partial charge in [-0.1, -0.05) is 17.7 Å². The summed E-state index contributed by atoms with van der Waals surface area (Å²) < 4.78 is 25.0. The number of aromatic amines is 1. The molecule has 0 spiro atoms. The number of nitrogens with one attached hydrogen (secondary N) is 1. The number of rotatable bonds is 4. The van der Waals surface area contributed by atoms with Crippen molar-refractivity contribution in [3.8, 4) is 0 Å². The van der Waals surface area contributed by atoms with Gasteiger partial charge in [0.1, 0.15) is 24.9 Å². The summed E-state index contributed by atoms with van der Waals surface area (Å²) in [5.74, 6) is -1.37. The van der Waals surface area contributed by atoms with Gasteiger partial charge in [0, 0.05) is 6.20 Å². The van der Waals surface area contributed by atoms with Gasteiger partial charge in [-0.05, 0) is 55.5 Å². The minimum absolute atomic E-state index is 0.0704. The standard InChI is InChI=1S/C20H21IN2O7/c1-10-4-6-11(7-5-10)18(25)27-9-13-14-15(30-20(2,3)29-14)17(28-13)23-8-12(21)16(24)22-19(23)26/h4-8,13-15,17H,9H2,1-3H3,(H,22,24,26)/t13-,14-,15-,17-/m1/s1. The highest BCUT2D eigenvalue weighted by molar-refractivity contribution is 14.1. The summed E-state index contributed by atoms with van der Waals surface area (Å²) >= 11 is 1.84. The predicted molar refractivity (Wildman–Crippen MR) is 113 cm³/mol. The van der Waals surface area contributed by atoms with Crippen LogP contribution < -0.4 is 11.2 Å².